The second-order valence-electron chi connectivity index (χ2n) is 5.59. The highest BCUT2D eigenvalue weighted by Gasteiger charge is 2.17. The van der Waals surface area contributed by atoms with Gasteiger partial charge in [0.15, 0.2) is 4.34 Å². The van der Waals surface area contributed by atoms with Gasteiger partial charge in [0.25, 0.3) is 0 Å². The van der Waals surface area contributed by atoms with E-state index < -0.39 is 0 Å². The SMILES string of the molecule is N#CCCN(C(=O)CSc1nnc(Nc2cccc(F)c2)s1)c1ccccc1. The molecule has 142 valence electrons. The molecule has 0 atom stereocenters. The molecule has 1 N–H and O–H groups in total. The fourth-order valence-corrected chi connectivity index (χ4v) is 4.03. The first-order valence-corrected chi connectivity index (χ1v) is 10.2. The smallest absolute Gasteiger partial charge is 0.237 e. The van der Waals surface area contributed by atoms with Gasteiger partial charge < -0.3 is 10.2 Å². The topological polar surface area (TPSA) is 81.9 Å². The number of halogens is 1. The highest BCUT2D eigenvalue weighted by Crippen LogP contribution is 2.28. The Labute approximate surface area is 170 Å². The zero-order chi connectivity index (χ0) is 19.8. The number of nitrogens with zero attached hydrogens (tertiary/aromatic N) is 4. The van der Waals surface area contributed by atoms with Crippen molar-refractivity contribution in [3.63, 3.8) is 0 Å². The molecule has 0 aliphatic heterocycles. The largest absolute Gasteiger partial charge is 0.330 e. The lowest BCUT2D eigenvalue weighted by Crippen LogP contribution is -2.33. The summed E-state index contributed by atoms with van der Waals surface area (Å²) in [5.41, 5.74) is 1.34. The third kappa shape index (κ3) is 5.52. The first kappa shape index (κ1) is 19.8. The molecule has 0 bridgehead atoms. The Morgan fingerprint density at radius 1 is 1.21 bits per heavy atom. The summed E-state index contributed by atoms with van der Waals surface area (Å²) in [4.78, 5) is 14.3. The lowest BCUT2D eigenvalue weighted by atomic mass is 10.2. The average Bonchev–Trinajstić information content (AvgIpc) is 3.15. The van der Waals surface area contributed by atoms with Crippen molar-refractivity contribution in [2.75, 3.05) is 22.5 Å². The molecule has 3 rings (SSSR count). The second-order valence-corrected chi connectivity index (χ2v) is 7.79. The van der Waals surface area contributed by atoms with E-state index in [4.69, 9.17) is 5.26 Å². The van der Waals surface area contributed by atoms with E-state index in [1.807, 2.05) is 30.3 Å². The molecule has 0 aliphatic carbocycles. The number of rotatable bonds is 8. The van der Waals surface area contributed by atoms with Gasteiger partial charge in [-0.2, -0.15) is 5.26 Å². The van der Waals surface area contributed by atoms with Gasteiger partial charge in [-0.25, -0.2) is 4.39 Å². The summed E-state index contributed by atoms with van der Waals surface area (Å²) in [6.07, 6.45) is 0.256. The molecule has 1 heterocycles. The Morgan fingerprint density at radius 3 is 2.79 bits per heavy atom. The quantitative estimate of drug-likeness (QED) is 0.549. The van der Waals surface area contributed by atoms with Crippen LogP contribution in [0.25, 0.3) is 0 Å². The summed E-state index contributed by atoms with van der Waals surface area (Å²) in [6, 6.07) is 17.4. The first-order chi connectivity index (χ1) is 13.7. The number of thioether (sulfide) groups is 1. The number of nitrogens with one attached hydrogen (secondary N) is 1. The molecule has 0 fully saturated rings. The minimum atomic E-state index is -0.340. The van der Waals surface area contributed by atoms with Crippen molar-refractivity contribution in [3.05, 3.63) is 60.4 Å². The molecule has 3 aromatic rings. The maximum Gasteiger partial charge on any atom is 0.237 e. The molecule has 0 spiro atoms. The number of carbonyl (C=O) groups excluding carboxylic acids is 1. The van der Waals surface area contributed by atoms with Gasteiger partial charge in [0, 0.05) is 17.9 Å². The van der Waals surface area contributed by atoms with E-state index in [1.165, 1.54) is 35.2 Å². The molecule has 0 aliphatic rings. The van der Waals surface area contributed by atoms with Crippen LogP contribution < -0.4 is 10.2 Å². The zero-order valence-corrected chi connectivity index (χ0v) is 16.3. The van der Waals surface area contributed by atoms with Crippen LogP contribution in [0.3, 0.4) is 0 Å². The minimum absolute atomic E-state index is 0.110. The average molecular weight is 414 g/mol. The highest BCUT2D eigenvalue weighted by atomic mass is 32.2. The number of hydrogen-bond donors (Lipinski definition) is 1. The number of carbonyl (C=O) groups is 1. The van der Waals surface area contributed by atoms with E-state index in [0.717, 1.165) is 5.69 Å². The van der Waals surface area contributed by atoms with Crippen LogP contribution in [0.2, 0.25) is 0 Å². The van der Waals surface area contributed by atoms with Gasteiger partial charge in [0.1, 0.15) is 5.82 Å². The lowest BCUT2D eigenvalue weighted by Gasteiger charge is -2.21. The van der Waals surface area contributed by atoms with E-state index >= 15 is 0 Å². The van der Waals surface area contributed by atoms with Crippen molar-refractivity contribution >= 4 is 45.5 Å². The van der Waals surface area contributed by atoms with Crippen LogP contribution in [-0.4, -0.2) is 28.4 Å². The first-order valence-electron chi connectivity index (χ1n) is 8.37. The summed E-state index contributed by atoms with van der Waals surface area (Å²) in [5, 5.41) is 20.4. The fraction of sp³-hybridized carbons (Fsp3) is 0.158. The summed E-state index contributed by atoms with van der Waals surface area (Å²) >= 11 is 2.56. The van der Waals surface area contributed by atoms with Crippen molar-refractivity contribution in [3.8, 4) is 6.07 Å². The number of anilines is 3. The molecule has 2 aromatic carbocycles. The summed E-state index contributed by atoms with van der Waals surface area (Å²) in [7, 11) is 0. The van der Waals surface area contributed by atoms with Crippen LogP contribution in [-0.2, 0) is 4.79 Å². The monoisotopic (exact) mass is 413 g/mol. The van der Waals surface area contributed by atoms with Crippen LogP contribution in [0.5, 0.6) is 0 Å². The van der Waals surface area contributed by atoms with E-state index in [2.05, 4.69) is 21.6 Å². The zero-order valence-electron chi connectivity index (χ0n) is 14.7. The Balaban J connectivity index is 1.60. The second kappa shape index (κ2) is 9.82. The molecular weight excluding hydrogens is 397 g/mol. The van der Waals surface area contributed by atoms with Gasteiger partial charge in [0.05, 0.1) is 18.2 Å². The van der Waals surface area contributed by atoms with Crippen LogP contribution in [0.4, 0.5) is 20.9 Å². The van der Waals surface area contributed by atoms with Gasteiger partial charge in [-0.05, 0) is 30.3 Å². The molecule has 9 heteroatoms. The van der Waals surface area contributed by atoms with Crippen LogP contribution >= 0.6 is 23.1 Å². The lowest BCUT2D eigenvalue weighted by molar-refractivity contribution is -0.116. The molecule has 0 saturated heterocycles. The molecule has 6 nitrogen and oxygen atoms in total. The Kier molecular flexibility index (Phi) is 6.94. The number of hydrogen-bond acceptors (Lipinski definition) is 7. The van der Waals surface area contributed by atoms with Crippen LogP contribution in [0, 0.1) is 17.1 Å². The van der Waals surface area contributed by atoms with Crippen LogP contribution in [0.15, 0.2) is 58.9 Å². The third-order valence-corrected chi connectivity index (χ3v) is 5.57. The normalized spacial score (nSPS) is 10.3. The molecule has 1 amide bonds. The molecular formula is C19H16FN5OS2. The predicted molar refractivity (Wildman–Crippen MR) is 109 cm³/mol. The third-order valence-electron chi connectivity index (χ3n) is 3.62. The maximum atomic E-state index is 13.2. The number of para-hydroxylation sites is 1. The van der Waals surface area contributed by atoms with E-state index in [-0.39, 0.29) is 23.9 Å². The summed E-state index contributed by atoms with van der Waals surface area (Å²) in [5.74, 6) is -0.274. The fourth-order valence-electron chi connectivity index (χ4n) is 2.38. The van der Waals surface area contributed by atoms with Crippen molar-refractivity contribution in [2.45, 2.75) is 10.8 Å². The van der Waals surface area contributed by atoms with Gasteiger partial charge in [-0.1, -0.05) is 47.4 Å². The number of aromatic nitrogens is 2. The van der Waals surface area contributed by atoms with Crippen LogP contribution in [0.1, 0.15) is 6.42 Å². The number of nitriles is 1. The van der Waals surface area contributed by atoms with Crippen molar-refractivity contribution in [2.24, 2.45) is 0 Å². The summed E-state index contributed by atoms with van der Waals surface area (Å²) in [6.45, 7) is 0.336. The van der Waals surface area contributed by atoms with Gasteiger partial charge in [0.2, 0.25) is 11.0 Å². The summed E-state index contributed by atoms with van der Waals surface area (Å²) < 4.78 is 13.9. The van der Waals surface area contributed by atoms with E-state index in [1.54, 1.807) is 17.0 Å². The Bertz CT molecular complexity index is 974. The number of benzene rings is 2. The number of amides is 1. The molecule has 1 aromatic heterocycles. The molecule has 0 saturated carbocycles. The van der Waals surface area contributed by atoms with E-state index in [0.29, 0.717) is 21.7 Å². The van der Waals surface area contributed by atoms with Gasteiger partial charge in [-0.3, -0.25) is 4.79 Å². The maximum absolute atomic E-state index is 13.2. The van der Waals surface area contributed by atoms with Crippen molar-refractivity contribution < 1.29 is 9.18 Å². The van der Waals surface area contributed by atoms with Gasteiger partial charge in [-0.15, -0.1) is 10.2 Å². The molecule has 28 heavy (non-hydrogen) atoms. The highest BCUT2D eigenvalue weighted by molar-refractivity contribution is 8.01. The van der Waals surface area contributed by atoms with Crippen molar-refractivity contribution in [1.29, 1.82) is 5.26 Å². The Morgan fingerprint density at radius 2 is 2.04 bits per heavy atom. The van der Waals surface area contributed by atoms with Gasteiger partial charge >= 0.3 is 0 Å². The minimum Gasteiger partial charge on any atom is -0.330 e. The standard InChI is InChI=1S/C19H16FN5OS2/c20-14-6-4-7-15(12-14)22-18-23-24-19(28-18)27-13-17(26)25(11-5-10-21)16-8-2-1-3-9-16/h1-4,6-9,12H,5,11,13H2,(H,22,23). The predicted octanol–water partition coefficient (Wildman–Crippen LogP) is 4.46. The van der Waals surface area contributed by atoms with Crippen molar-refractivity contribution in [1.82, 2.24) is 10.2 Å². The molecule has 0 unspecified atom stereocenters. The Hall–Kier alpha value is -2.96. The van der Waals surface area contributed by atoms with E-state index in [9.17, 15) is 9.18 Å². The molecule has 0 radical (unpaired) electrons.